The van der Waals surface area contributed by atoms with Crippen molar-refractivity contribution in [1.29, 1.82) is 0 Å². The summed E-state index contributed by atoms with van der Waals surface area (Å²) in [6.07, 6.45) is 28.7. The highest BCUT2D eigenvalue weighted by Crippen LogP contribution is 2.10. The molecule has 0 aliphatic heterocycles. The van der Waals surface area contributed by atoms with Gasteiger partial charge in [-0.2, -0.15) is 0 Å². The van der Waals surface area contributed by atoms with Crippen molar-refractivity contribution in [3.63, 3.8) is 0 Å². The zero-order chi connectivity index (χ0) is 17.7. The molecule has 0 spiro atoms. The molecule has 0 aromatic carbocycles. The Morgan fingerprint density at radius 1 is 0.708 bits per heavy atom. The fourth-order valence-electron chi connectivity index (χ4n) is 2.33. The second-order valence-corrected chi connectivity index (χ2v) is 5.93. The fraction of sp³-hybridized carbons (Fsp3) is 0.591. The number of unbranched alkanes of at least 4 members (excludes halogenated alkanes) is 9. The van der Waals surface area contributed by atoms with Gasteiger partial charge in [-0.15, -0.1) is 0 Å². The smallest absolute Gasteiger partial charge is 0.330 e. The summed E-state index contributed by atoms with van der Waals surface area (Å²) in [4.78, 5) is 11.0. The summed E-state index contributed by atoms with van der Waals surface area (Å²) in [6.45, 7) is 4.48. The van der Waals surface area contributed by atoms with Crippen LogP contribution in [0.1, 0.15) is 78.1 Å². The third-order valence-electron chi connectivity index (χ3n) is 3.68. The largest absolute Gasteiger partial charge is 0.463 e. The topological polar surface area (TPSA) is 26.3 Å². The van der Waals surface area contributed by atoms with Gasteiger partial charge in [-0.25, -0.2) is 4.79 Å². The first-order chi connectivity index (χ1) is 11.8. The zero-order valence-electron chi connectivity index (χ0n) is 15.7. The molecule has 0 unspecified atom stereocenters. The predicted molar refractivity (Wildman–Crippen MR) is 105 cm³/mol. The van der Waals surface area contributed by atoms with Gasteiger partial charge in [0.2, 0.25) is 0 Å². The van der Waals surface area contributed by atoms with Crippen LogP contribution in [0.4, 0.5) is 0 Å². The summed E-state index contributed by atoms with van der Waals surface area (Å²) in [7, 11) is 0. The van der Waals surface area contributed by atoms with E-state index < -0.39 is 0 Å². The van der Waals surface area contributed by atoms with Gasteiger partial charge in [0.1, 0.15) is 0 Å². The average Bonchev–Trinajstić information content (AvgIpc) is 2.58. The summed E-state index contributed by atoms with van der Waals surface area (Å²) >= 11 is 0. The van der Waals surface area contributed by atoms with Gasteiger partial charge in [0.05, 0.1) is 6.61 Å². The number of esters is 1. The molecule has 2 heteroatoms. The van der Waals surface area contributed by atoms with Gasteiger partial charge in [0.25, 0.3) is 0 Å². The van der Waals surface area contributed by atoms with Crippen LogP contribution in [0.25, 0.3) is 0 Å². The second-order valence-electron chi connectivity index (χ2n) is 5.93. The maximum Gasteiger partial charge on any atom is 0.330 e. The van der Waals surface area contributed by atoms with Crippen molar-refractivity contribution < 1.29 is 9.53 Å². The molecule has 0 fully saturated rings. The Kier molecular flexibility index (Phi) is 18.2. The lowest BCUT2D eigenvalue weighted by Crippen LogP contribution is -1.98. The SMILES string of the molecule is CCCCCCCCCCC/C=C/C=C/C=C/C=C/C(=O)OCC. The normalized spacial score (nSPS) is 12.2. The van der Waals surface area contributed by atoms with Gasteiger partial charge in [0.15, 0.2) is 0 Å². The maximum atomic E-state index is 11.0. The lowest BCUT2D eigenvalue weighted by molar-refractivity contribution is -0.137. The van der Waals surface area contributed by atoms with Gasteiger partial charge in [0, 0.05) is 6.08 Å². The van der Waals surface area contributed by atoms with Crippen LogP contribution >= 0.6 is 0 Å². The van der Waals surface area contributed by atoms with Crippen molar-refractivity contribution >= 4 is 5.97 Å². The molecule has 0 bridgehead atoms. The van der Waals surface area contributed by atoms with Crippen molar-refractivity contribution in [2.75, 3.05) is 6.61 Å². The zero-order valence-corrected chi connectivity index (χ0v) is 15.7. The van der Waals surface area contributed by atoms with Gasteiger partial charge in [-0.1, -0.05) is 101 Å². The van der Waals surface area contributed by atoms with E-state index in [1.165, 1.54) is 63.9 Å². The molecule has 0 saturated heterocycles. The number of hydrogen-bond donors (Lipinski definition) is 0. The molecule has 0 radical (unpaired) electrons. The molecule has 0 saturated carbocycles. The van der Waals surface area contributed by atoms with E-state index in [0.29, 0.717) is 6.61 Å². The number of hydrogen-bond acceptors (Lipinski definition) is 2. The molecule has 0 atom stereocenters. The minimum atomic E-state index is -0.299. The van der Waals surface area contributed by atoms with Crippen LogP contribution in [0.2, 0.25) is 0 Å². The third-order valence-corrected chi connectivity index (χ3v) is 3.68. The van der Waals surface area contributed by atoms with E-state index >= 15 is 0 Å². The highest BCUT2D eigenvalue weighted by Gasteiger charge is 1.91. The van der Waals surface area contributed by atoms with Gasteiger partial charge < -0.3 is 4.74 Å². The summed E-state index contributed by atoms with van der Waals surface area (Å²) < 4.78 is 4.78. The molecule has 0 rings (SSSR count). The van der Waals surface area contributed by atoms with Crippen LogP contribution in [0, 0.1) is 0 Å². The predicted octanol–water partition coefficient (Wildman–Crippen LogP) is 6.70. The van der Waals surface area contributed by atoms with Crippen molar-refractivity contribution in [2.24, 2.45) is 0 Å². The molecule has 0 aromatic heterocycles. The van der Waals surface area contributed by atoms with Crippen LogP contribution in [-0.4, -0.2) is 12.6 Å². The molecule has 2 nitrogen and oxygen atoms in total. The van der Waals surface area contributed by atoms with Gasteiger partial charge >= 0.3 is 5.97 Å². The Labute approximate surface area is 149 Å². The van der Waals surface area contributed by atoms with E-state index in [1.54, 1.807) is 13.0 Å². The molecule has 0 amide bonds. The lowest BCUT2D eigenvalue weighted by Gasteiger charge is -2.00. The number of allylic oxidation sites excluding steroid dienone is 7. The highest BCUT2D eigenvalue weighted by atomic mass is 16.5. The Hall–Kier alpha value is -1.57. The molecule has 0 aliphatic carbocycles. The number of carbonyl (C=O) groups excluding carboxylic acids is 1. The van der Waals surface area contributed by atoms with E-state index in [2.05, 4.69) is 19.1 Å². The van der Waals surface area contributed by atoms with Crippen molar-refractivity contribution in [1.82, 2.24) is 0 Å². The molecular formula is C22H36O2. The highest BCUT2D eigenvalue weighted by molar-refractivity contribution is 5.82. The van der Waals surface area contributed by atoms with E-state index in [4.69, 9.17) is 4.74 Å². The molecule has 0 N–H and O–H groups in total. The monoisotopic (exact) mass is 332 g/mol. The fourth-order valence-corrected chi connectivity index (χ4v) is 2.33. The standard InChI is InChI=1S/C22H36O2/c1-3-5-6-7-8-9-10-11-12-13-14-15-16-17-18-19-20-21-22(23)24-4-2/h14-21H,3-13H2,1-2H3/b15-14+,17-16+,19-18+,21-20+. The summed E-state index contributed by atoms with van der Waals surface area (Å²) in [5.74, 6) is -0.299. The van der Waals surface area contributed by atoms with Crippen molar-refractivity contribution in [3.8, 4) is 0 Å². The number of ether oxygens (including phenoxy) is 1. The molecule has 0 aliphatic rings. The molecular weight excluding hydrogens is 296 g/mol. The second kappa shape index (κ2) is 19.5. The Morgan fingerprint density at radius 3 is 1.88 bits per heavy atom. The quantitative estimate of drug-likeness (QED) is 0.144. The first-order valence-electron chi connectivity index (χ1n) is 9.64. The minimum Gasteiger partial charge on any atom is -0.463 e. The van der Waals surface area contributed by atoms with E-state index in [-0.39, 0.29) is 5.97 Å². The van der Waals surface area contributed by atoms with Crippen LogP contribution in [-0.2, 0) is 9.53 Å². The molecule has 0 aromatic rings. The number of rotatable bonds is 15. The first kappa shape index (κ1) is 22.4. The van der Waals surface area contributed by atoms with Crippen molar-refractivity contribution in [3.05, 3.63) is 48.6 Å². The average molecular weight is 333 g/mol. The van der Waals surface area contributed by atoms with Gasteiger partial charge in [-0.05, 0) is 19.8 Å². The van der Waals surface area contributed by atoms with Crippen LogP contribution in [0.3, 0.4) is 0 Å². The Morgan fingerprint density at radius 2 is 1.25 bits per heavy atom. The van der Waals surface area contributed by atoms with Crippen LogP contribution in [0.15, 0.2) is 48.6 Å². The lowest BCUT2D eigenvalue weighted by atomic mass is 10.1. The molecule has 136 valence electrons. The third kappa shape index (κ3) is 18.5. The Balaban J connectivity index is 3.44. The van der Waals surface area contributed by atoms with E-state index in [9.17, 15) is 4.79 Å². The molecule has 0 heterocycles. The Bertz CT molecular complexity index is 389. The van der Waals surface area contributed by atoms with E-state index in [1.807, 2.05) is 24.3 Å². The minimum absolute atomic E-state index is 0.299. The summed E-state index contributed by atoms with van der Waals surface area (Å²) in [6, 6.07) is 0. The maximum absolute atomic E-state index is 11.0. The first-order valence-corrected chi connectivity index (χ1v) is 9.64. The summed E-state index contributed by atoms with van der Waals surface area (Å²) in [5, 5.41) is 0. The summed E-state index contributed by atoms with van der Waals surface area (Å²) in [5.41, 5.74) is 0. The van der Waals surface area contributed by atoms with Gasteiger partial charge in [-0.3, -0.25) is 0 Å². The number of carbonyl (C=O) groups is 1. The van der Waals surface area contributed by atoms with Crippen molar-refractivity contribution in [2.45, 2.75) is 78.1 Å². The van der Waals surface area contributed by atoms with Crippen LogP contribution < -0.4 is 0 Å². The molecule has 24 heavy (non-hydrogen) atoms. The van der Waals surface area contributed by atoms with Crippen LogP contribution in [0.5, 0.6) is 0 Å². The van der Waals surface area contributed by atoms with E-state index in [0.717, 1.165) is 6.42 Å².